The maximum Gasteiger partial charge on any atom is 0.243 e. The van der Waals surface area contributed by atoms with E-state index >= 15 is 0 Å². The van der Waals surface area contributed by atoms with Gasteiger partial charge in [-0.3, -0.25) is 9.59 Å². The smallest absolute Gasteiger partial charge is 0.243 e. The van der Waals surface area contributed by atoms with Gasteiger partial charge >= 0.3 is 0 Å². The minimum Gasteiger partial charge on any atom is -0.456 e. The van der Waals surface area contributed by atoms with E-state index in [0.29, 0.717) is 11.3 Å². The Hall–Kier alpha value is -2.57. The monoisotopic (exact) mass is 375 g/mol. The van der Waals surface area contributed by atoms with Crippen LogP contribution in [0.4, 0.5) is 5.69 Å². The third-order valence-electron chi connectivity index (χ3n) is 4.11. The summed E-state index contributed by atoms with van der Waals surface area (Å²) in [5.41, 5.74) is 7.85. The number of nitrogens with one attached hydrogen (secondary N) is 2. The maximum atomic E-state index is 12.0. The van der Waals surface area contributed by atoms with Crippen LogP contribution >= 0.6 is 12.4 Å². The van der Waals surface area contributed by atoms with Gasteiger partial charge in [-0.15, -0.1) is 12.4 Å². The SMILES string of the molecule is CC(C)[C@H](N)C(=O)NCC(=O)Nc1ccc2c(c1)oc1ccccc12.Cl. The average molecular weight is 376 g/mol. The first-order valence-corrected chi connectivity index (χ1v) is 8.20. The lowest BCUT2D eigenvalue weighted by molar-refractivity contribution is -0.125. The number of hydrogen-bond acceptors (Lipinski definition) is 4. The molecule has 1 aromatic heterocycles. The van der Waals surface area contributed by atoms with Gasteiger partial charge in [0.05, 0.1) is 12.6 Å². The number of halogens is 1. The number of hydrogen-bond donors (Lipinski definition) is 3. The molecule has 4 N–H and O–H groups in total. The molecule has 3 rings (SSSR count). The number of anilines is 1. The van der Waals surface area contributed by atoms with E-state index in [0.717, 1.165) is 16.4 Å². The van der Waals surface area contributed by atoms with E-state index in [1.165, 1.54) is 0 Å². The Labute approximate surface area is 157 Å². The Morgan fingerprint density at radius 1 is 1.08 bits per heavy atom. The number of carbonyl (C=O) groups excluding carboxylic acids is 2. The molecule has 7 heteroatoms. The van der Waals surface area contributed by atoms with Crippen LogP contribution < -0.4 is 16.4 Å². The van der Waals surface area contributed by atoms with Crippen molar-refractivity contribution in [2.75, 3.05) is 11.9 Å². The van der Waals surface area contributed by atoms with Crippen molar-refractivity contribution < 1.29 is 14.0 Å². The Balaban J connectivity index is 0.00000243. The third-order valence-corrected chi connectivity index (χ3v) is 4.11. The van der Waals surface area contributed by atoms with Gasteiger partial charge in [0.25, 0.3) is 0 Å². The zero-order chi connectivity index (χ0) is 18.0. The van der Waals surface area contributed by atoms with Gasteiger partial charge in [-0.05, 0) is 24.1 Å². The molecule has 0 saturated carbocycles. The standard InChI is InChI=1S/C19H21N3O3.ClH/c1-11(2)18(20)19(24)21-10-17(23)22-12-7-8-14-13-5-3-4-6-15(13)25-16(14)9-12;/h3-9,11,18H,10,20H2,1-2H3,(H,21,24)(H,22,23);1H/t18-;/m0./s1. The first kappa shape index (κ1) is 19.8. The molecule has 0 radical (unpaired) electrons. The topological polar surface area (TPSA) is 97.4 Å². The van der Waals surface area contributed by atoms with Crippen LogP contribution in [0.15, 0.2) is 46.9 Å². The summed E-state index contributed by atoms with van der Waals surface area (Å²) in [7, 11) is 0. The van der Waals surface area contributed by atoms with Gasteiger partial charge in [0.15, 0.2) is 0 Å². The lowest BCUT2D eigenvalue weighted by atomic mass is 10.1. The fraction of sp³-hybridized carbons (Fsp3) is 0.263. The molecule has 0 fully saturated rings. The number of fused-ring (bicyclic) bond motifs is 3. The van der Waals surface area contributed by atoms with Crippen LogP contribution in [0, 0.1) is 5.92 Å². The van der Waals surface area contributed by atoms with Gasteiger partial charge in [-0.1, -0.05) is 32.0 Å². The van der Waals surface area contributed by atoms with E-state index in [1.807, 2.05) is 50.2 Å². The van der Waals surface area contributed by atoms with Crippen LogP contribution in [0.25, 0.3) is 21.9 Å². The minimum absolute atomic E-state index is 0. The number of carbonyl (C=O) groups is 2. The molecule has 0 aliphatic carbocycles. The molecular formula is C19H22ClN3O3. The van der Waals surface area contributed by atoms with E-state index < -0.39 is 6.04 Å². The predicted octanol–water partition coefficient (Wildman–Crippen LogP) is 3.05. The molecule has 26 heavy (non-hydrogen) atoms. The highest BCUT2D eigenvalue weighted by atomic mass is 35.5. The quantitative estimate of drug-likeness (QED) is 0.638. The molecule has 0 unspecified atom stereocenters. The first-order chi connectivity index (χ1) is 12.0. The Bertz CT molecular complexity index is 936. The molecular weight excluding hydrogens is 354 g/mol. The van der Waals surface area contributed by atoms with Crippen molar-refractivity contribution in [2.24, 2.45) is 11.7 Å². The van der Waals surface area contributed by atoms with E-state index in [2.05, 4.69) is 10.6 Å². The number of rotatable bonds is 5. The van der Waals surface area contributed by atoms with Crippen molar-refractivity contribution in [1.29, 1.82) is 0 Å². The van der Waals surface area contributed by atoms with Crippen molar-refractivity contribution in [3.63, 3.8) is 0 Å². The van der Waals surface area contributed by atoms with Crippen molar-refractivity contribution >= 4 is 51.8 Å². The van der Waals surface area contributed by atoms with Crippen LogP contribution in [-0.4, -0.2) is 24.4 Å². The van der Waals surface area contributed by atoms with Crippen LogP contribution in [-0.2, 0) is 9.59 Å². The highest BCUT2D eigenvalue weighted by Gasteiger charge is 2.17. The second-order valence-electron chi connectivity index (χ2n) is 6.34. The molecule has 0 spiro atoms. The summed E-state index contributed by atoms with van der Waals surface area (Å²) in [5.74, 6) is -0.642. The predicted molar refractivity (Wildman–Crippen MR) is 105 cm³/mol. The number of para-hydroxylation sites is 1. The number of amides is 2. The summed E-state index contributed by atoms with van der Waals surface area (Å²) in [4.78, 5) is 23.8. The molecule has 0 aliphatic rings. The Kier molecular flexibility index (Phi) is 6.23. The summed E-state index contributed by atoms with van der Waals surface area (Å²) in [6.45, 7) is 3.58. The zero-order valence-corrected chi connectivity index (χ0v) is 15.4. The van der Waals surface area contributed by atoms with Gasteiger partial charge in [0, 0.05) is 22.5 Å². The number of nitrogens with two attached hydrogens (primary N) is 1. The second-order valence-corrected chi connectivity index (χ2v) is 6.34. The zero-order valence-electron chi connectivity index (χ0n) is 14.6. The van der Waals surface area contributed by atoms with Crippen molar-refractivity contribution in [3.05, 3.63) is 42.5 Å². The molecule has 0 saturated heterocycles. The van der Waals surface area contributed by atoms with Crippen LogP contribution in [0.2, 0.25) is 0 Å². The number of benzene rings is 2. The highest BCUT2D eigenvalue weighted by molar-refractivity contribution is 6.06. The lowest BCUT2D eigenvalue weighted by Crippen LogP contribution is -2.46. The summed E-state index contributed by atoms with van der Waals surface area (Å²) in [6.07, 6.45) is 0. The Morgan fingerprint density at radius 2 is 1.77 bits per heavy atom. The van der Waals surface area contributed by atoms with Gasteiger partial charge in [-0.25, -0.2) is 0 Å². The second kappa shape index (κ2) is 8.21. The van der Waals surface area contributed by atoms with Gasteiger partial charge in [-0.2, -0.15) is 0 Å². The molecule has 138 valence electrons. The molecule has 2 amide bonds. The molecule has 1 atom stereocenters. The minimum atomic E-state index is -0.625. The van der Waals surface area contributed by atoms with Crippen LogP contribution in [0.1, 0.15) is 13.8 Å². The Morgan fingerprint density at radius 3 is 2.50 bits per heavy atom. The van der Waals surface area contributed by atoms with E-state index in [4.69, 9.17) is 10.2 Å². The van der Waals surface area contributed by atoms with Gasteiger partial charge in [0.1, 0.15) is 11.2 Å². The highest BCUT2D eigenvalue weighted by Crippen LogP contribution is 2.30. The summed E-state index contributed by atoms with van der Waals surface area (Å²) in [5, 5.41) is 7.31. The van der Waals surface area contributed by atoms with Crippen molar-refractivity contribution in [1.82, 2.24) is 5.32 Å². The van der Waals surface area contributed by atoms with E-state index in [1.54, 1.807) is 6.07 Å². The average Bonchev–Trinajstić information content (AvgIpc) is 2.96. The molecule has 1 heterocycles. The largest absolute Gasteiger partial charge is 0.456 e. The summed E-state index contributed by atoms with van der Waals surface area (Å²) < 4.78 is 5.79. The van der Waals surface area contributed by atoms with Crippen molar-refractivity contribution in [2.45, 2.75) is 19.9 Å². The van der Waals surface area contributed by atoms with Crippen molar-refractivity contribution in [3.8, 4) is 0 Å². The van der Waals surface area contributed by atoms with Crippen LogP contribution in [0.3, 0.4) is 0 Å². The van der Waals surface area contributed by atoms with E-state index in [-0.39, 0.29) is 36.7 Å². The molecule has 6 nitrogen and oxygen atoms in total. The molecule has 0 bridgehead atoms. The fourth-order valence-electron chi connectivity index (χ4n) is 2.60. The van der Waals surface area contributed by atoms with Gasteiger partial charge < -0.3 is 20.8 Å². The molecule has 0 aliphatic heterocycles. The normalized spacial score (nSPS) is 12.0. The maximum absolute atomic E-state index is 12.0. The molecule has 3 aromatic rings. The lowest BCUT2D eigenvalue weighted by Gasteiger charge is -2.15. The van der Waals surface area contributed by atoms with Gasteiger partial charge in [0.2, 0.25) is 11.8 Å². The number of furan rings is 1. The summed E-state index contributed by atoms with van der Waals surface area (Å²) >= 11 is 0. The first-order valence-electron chi connectivity index (χ1n) is 8.20. The van der Waals surface area contributed by atoms with Crippen LogP contribution in [0.5, 0.6) is 0 Å². The van der Waals surface area contributed by atoms with E-state index in [9.17, 15) is 9.59 Å². The fourth-order valence-corrected chi connectivity index (χ4v) is 2.60. The summed E-state index contributed by atoms with van der Waals surface area (Å²) in [6, 6.07) is 12.6. The third kappa shape index (κ3) is 4.15. The molecule has 2 aromatic carbocycles.